The molecule has 2 atom stereocenters. The predicted molar refractivity (Wildman–Crippen MR) is 77.0 cm³/mol. The lowest BCUT2D eigenvalue weighted by molar-refractivity contribution is -0.155. The zero-order chi connectivity index (χ0) is 16.7. The maximum atomic E-state index is 11.3. The number of nitrogens with one attached hydrogen (secondary N) is 1. The van der Waals surface area contributed by atoms with E-state index in [2.05, 4.69) is 5.32 Å². The molecule has 0 aromatic heterocycles. The van der Waals surface area contributed by atoms with E-state index in [9.17, 15) is 14.7 Å². The molecule has 0 aliphatic carbocycles. The van der Waals surface area contributed by atoms with E-state index >= 15 is 0 Å². The summed E-state index contributed by atoms with van der Waals surface area (Å²) in [5, 5.41) is 21.1. The SMILES string of the molecule is CO[Si](CCCNC(C)(C(=O)O)C(C)C(=O)O)(OC)OC. The molecular formula is C12H25NO7Si. The summed E-state index contributed by atoms with van der Waals surface area (Å²) < 4.78 is 15.8. The van der Waals surface area contributed by atoms with Gasteiger partial charge in [0.25, 0.3) is 0 Å². The topological polar surface area (TPSA) is 114 Å². The van der Waals surface area contributed by atoms with Gasteiger partial charge in [0.05, 0.1) is 5.92 Å². The third kappa shape index (κ3) is 5.04. The Morgan fingerprint density at radius 3 is 2.00 bits per heavy atom. The van der Waals surface area contributed by atoms with Crippen LogP contribution in [0.1, 0.15) is 20.3 Å². The molecule has 0 saturated heterocycles. The second-order valence-corrected chi connectivity index (χ2v) is 7.98. The van der Waals surface area contributed by atoms with Gasteiger partial charge < -0.3 is 28.8 Å². The van der Waals surface area contributed by atoms with E-state index in [1.54, 1.807) is 0 Å². The molecular weight excluding hydrogens is 298 g/mol. The van der Waals surface area contributed by atoms with E-state index in [-0.39, 0.29) is 0 Å². The summed E-state index contributed by atoms with van der Waals surface area (Å²) in [5.74, 6) is -3.43. The molecule has 8 nitrogen and oxygen atoms in total. The van der Waals surface area contributed by atoms with Gasteiger partial charge in [-0.15, -0.1) is 0 Å². The Morgan fingerprint density at radius 1 is 1.19 bits per heavy atom. The first-order valence-corrected chi connectivity index (χ1v) is 8.49. The van der Waals surface area contributed by atoms with Crippen molar-refractivity contribution >= 4 is 20.7 Å². The van der Waals surface area contributed by atoms with Crippen LogP contribution >= 0.6 is 0 Å². The highest BCUT2D eigenvalue weighted by Gasteiger charge is 2.43. The Hall–Kier alpha value is -1.00. The number of carboxylic acids is 2. The summed E-state index contributed by atoms with van der Waals surface area (Å²) in [5.41, 5.74) is -1.54. The number of hydrogen-bond acceptors (Lipinski definition) is 6. The first-order chi connectivity index (χ1) is 9.69. The van der Waals surface area contributed by atoms with Crippen LogP contribution in [0.2, 0.25) is 6.04 Å². The minimum absolute atomic E-state index is 0.311. The molecule has 3 N–H and O–H groups in total. The van der Waals surface area contributed by atoms with Gasteiger partial charge in [0.15, 0.2) is 0 Å². The van der Waals surface area contributed by atoms with Crippen molar-refractivity contribution in [1.82, 2.24) is 5.32 Å². The third-order valence-corrected chi connectivity index (χ3v) is 6.60. The fraction of sp³-hybridized carbons (Fsp3) is 0.833. The number of aliphatic carboxylic acids is 2. The number of carbonyl (C=O) groups is 2. The molecule has 0 aliphatic rings. The molecule has 0 radical (unpaired) electrons. The molecule has 0 heterocycles. The standard InChI is InChI=1S/C12H25NO7Si/c1-9(10(14)15)12(2,11(16)17)13-7-6-8-21(18-3,19-4)20-5/h9,13H,6-8H2,1-5H3,(H,14,15)(H,16,17). The molecule has 0 spiro atoms. The molecule has 0 rings (SSSR count). The zero-order valence-corrected chi connectivity index (χ0v) is 14.1. The summed E-state index contributed by atoms with van der Waals surface area (Å²) in [6.45, 7) is 3.04. The fourth-order valence-electron chi connectivity index (χ4n) is 1.87. The van der Waals surface area contributed by atoms with Gasteiger partial charge in [-0.3, -0.25) is 9.59 Å². The van der Waals surface area contributed by atoms with Crippen LogP contribution in [0.5, 0.6) is 0 Å². The largest absolute Gasteiger partial charge is 0.500 e. The van der Waals surface area contributed by atoms with Gasteiger partial charge in [-0.25, -0.2) is 0 Å². The van der Waals surface area contributed by atoms with Crippen molar-refractivity contribution in [3.8, 4) is 0 Å². The first kappa shape index (κ1) is 20.0. The molecule has 9 heteroatoms. The molecule has 0 aromatic rings. The van der Waals surface area contributed by atoms with E-state index in [0.29, 0.717) is 19.0 Å². The second kappa shape index (κ2) is 8.44. The van der Waals surface area contributed by atoms with Crippen molar-refractivity contribution in [2.24, 2.45) is 5.92 Å². The lowest BCUT2D eigenvalue weighted by Gasteiger charge is -2.30. The summed E-state index contributed by atoms with van der Waals surface area (Å²) in [7, 11) is 1.81. The van der Waals surface area contributed by atoms with E-state index < -0.39 is 32.2 Å². The van der Waals surface area contributed by atoms with Crippen molar-refractivity contribution in [3.05, 3.63) is 0 Å². The van der Waals surface area contributed by atoms with E-state index in [1.165, 1.54) is 35.2 Å². The van der Waals surface area contributed by atoms with Gasteiger partial charge in [-0.05, 0) is 26.8 Å². The minimum Gasteiger partial charge on any atom is -0.481 e. The zero-order valence-electron chi connectivity index (χ0n) is 13.1. The number of carboxylic acid groups (broad SMARTS) is 2. The quantitative estimate of drug-likeness (QED) is 0.370. The Labute approximate surface area is 125 Å². The van der Waals surface area contributed by atoms with Gasteiger partial charge in [0, 0.05) is 27.4 Å². The first-order valence-electron chi connectivity index (χ1n) is 6.55. The molecule has 0 bridgehead atoms. The highest BCUT2D eigenvalue weighted by atomic mass is 28.4. The van der Waals surface area contributed by atoms with Crippen LogP contribution in [0.3, 0.4) is 0 Å². The van der Waals surface area contributed by atoms with Crippen molar-refractivity contribution in [1.29, 1.82) is 0 Å². The lowest BCUT2D eigenvalue weighted by atomic mass is 9.87. The van der Waals surface area contributed by atoms with E-state index in [1.807, 2.05) is 0 Å². The Morgan fingerprint density at radius 2 is 1.67 bits per heavy atom. The van der Waals surface area contributed by atoms with Gasteiger partial charge in [-0.2, -0.15) is 0 Å². The normalized spacial score (nSPS) is 16.2. The number of rotatable bonds is 11. The average molecular weight is 323 g/mol. The molecule has 0 saturated carbocycles. The van der Waals surface area contributed by atoms with Crippen LogP contribution in [-0.2, 0) is 22.9 Å². The van der Waals surface area contributed by atoms with E-state index in [0.717, 1.165) is 0 Å². The predicted octanol–water partition coefficient (Wildman–Crippen LogP) is 0.408. The van der Waals surface area contributed by atoms with E-state index in [4.69, 9.17) is 18.4 Å². The Kier molecular flexibility index (Phi) is 8.04. The van der Waals surface area contributed by atoms with Crippen LogP contribution in [0.15, 0.2) is 0 Å². The summed E-state index contributed by atoms with van der Waals surface area (Å²) in [6, 6.07) is 0.501. The Balaban J connectivity index is 4.60. The minimum atomic E-state index is -2.69. The second-order valence-electron chi connectivity index (χ2n) is 4.89. The molecule has 0 aromatic carbocycles. The third-order valence-electron chi connectivity index (χ3n) is 3.77. The average Bonchev–Trinajstić information content (AvgIpc) is 2.46. The smallest absolute Gasteiger partial charge is 0.481 e. The van der Waals surface area contributed by atoms with Crippen LogP contribution < -0.4 is 5.32 Å². The Bertz CT molecular complexity index is 353. The van der Waals surface area contributed by atoms with Crippen LogP contribution in [0, 0.1) is 5.92 Å². The fourth-order valence-corrected chi connectivity index (χ4v) is 3.59. The summed E-state index contributed by atoms with van der Waals surface area (Å²) >= 11 is 0. The van der Waals surface area contributed by atoms with Crippen LogP contribution in [-0.4, -0.2) is 64.4 Å². The summed E-state index contributed by atoms with van der Waals surface area (Å²) in [4.78, 5) is 22.4. The van der Waals surface area contributed by atoms with Crippen LogP contribution in [0.25, 0.3) is 0 Å². The molecule has 2 unspecified atom stereocenters. The molecule has 21 heavy (non-hydrogen) atoms. The van der Waals surface area contributed by atoms with Gasteiger partial charge in [0.1, 0.15) is 5.54 Å². The monoisotopic (exact) mass is 323 g/mol. The van der Waals surface area contributed by atoms with Crippen molar-refractivity contribution < 1.29 is 33.1 Å². The van der Waals surface area contributed by atoms with Crippen molar-refractivity contribution in [2.75, 3.05) is 27.9 Å². The summed E-state index contributed by atoms with van der Waals surface area (Å²) in [6.07, 6.45) is 0.539. The van der Waals surface area contributed by atoms with Gasteiger partial charge >= 0.3 is 20.7 Å². The molecule has 124 valence electrons. The van der Waals surface area contributed by atoms with Crippen LogP contribution in [0.4, 0.5) is 0 Å². The number of hydrogen-bond donors (Lipinski definition) is 3. The highest BCUT2D eigenvalue weighted by molar-refractivity contribution is 6.60. The lowest BCUT2D eigenvalue weighted by Crippen LogP contribution is -2.57. The maximum absolute atomic E-state index is 11.3. The van der Waals surface area contributed by atoms with Gasteiger partial charge in [0.2, 0.25) is 0 Å². The van der Waals surface area contributed by atoms with Gasteiger partial charge in [-0.1, -0.05) is 0 Å². The molecule has 0 fully saturated rings. The highest BCUT2D eigenvalue weighted by Crippen LogP contribution is 2.19. The van der Waals surface area contributed by atoms with Crippen molar-refractivity contribution in [2.45, 2.75) is 31.9 Å². The molecule has 0 amide bonds. The molecule has 0 aliphatic heterocycles. The maximum Gasteiger partial charge on any atom is 0.500 e. The van der Waals surface area contributed by atoms with Crippen molar-refractivity contribution in [3.63, 3.8) is 0 Å².